The second-order valence-electron chi connectivity index (χ2n) is 6.48. The highest BCUT2D eigenvalue weighted by Crippen LogP contribution is 2.42. The maximum Gasteiger partial charge on any atom is 0.177 e. The van der Waals surface area contributed by atoms with Crippen molar-refractivity contribution in [1.82, 2.24) is 9.55 Å². The molecule has 0 aromatic carbocycles. The Morgan fingerprint density at radius 2 is 2.06 bits per heavy atom. The van der Waals surface area contributed by atoms with Crippen molar-refractivity contribution in [2.75, 3.05) is 0 Å². The van der Waals surface area contributed by atoms with E-state index in [-0.39, 0.29) is 5.41 Å². The summed E-state index contributed by atoms with van der Waals surface area (Å²) in [6.45, 7) is 10.2. The number of imidazole rings is 1. The topological polar surface area (TPSA) is 20.7 Å². The van der Waals surface area contributed by atoms with Gasteiger partial charge < -0.3 is 9.55 Å². The van der Waals surface area contributed by atoms with Crippen LogP contribution in [0.2, 0.25) is 0 Å². The second-order valence-corrected chi connectivity index (χ2v) is 6.87. The predicted octanol–water partition coefficient (Wildman–Crippen LogP) is 4.03. The first-order valence-corrected chi connectivity index (χ1v) is 6.51. The van der Waals surface area contributed by atoms with E-state index in [4.69, 9.17) is 12.2 Å². The third-order valence-corrected chi connectivity index (χ3v) is 4.08. The minimum Gasteiger partial charge on any atom is -0.337 e. The molecule has 3 heteroatoms. The lowest BCUT2D eigenvalue weighted by atomic mass is 9.70. The highest BCUT2D eigenvalue weighted by Gasteiger charge is 2.33. The third kappa shape index (κ3) is 2.10. The zero-order valence-electron chi connectivity index (χ0n) is 10.8. The molecule has 2 rings (SSSR count). The number of hydrogen-bond acceptors (Lipinski definition) is 1. The molecule has 0 unspecified atom stereocenters. The van der Waals surface area contributed by atoms with Crippen molar-refractivity contribution < 1.29 is 0 Å². The fourth-order valence-corrected chi connectivity index (χ4v) is 2.72. The van der Waals surface area contributed by atoms with Gasteiger partial charge in [-0.05, 0) is 30.5 Å². The number of aromatic nitrogens is 2. The quantitative estimate of drug-likeness (QED) is 0.771. The van der Waals surface area contributed by atoms with Gasteiger partial charge in [-0.2, -0.15) is 0 Å². The summed E-state index contributed by atoms with van der Waals surface area (Å²) in [5.74, 6) is 0. The molecule has 0 radical (unpaired) electrons. The molecule has 0 aliphatic heterocycles. The first kappa shape index (κ1) is 11.9. The lowest BCUT2D eigenvalue weighted by Crippen LogP contribution is -2.32. The Morgan fingerprint density at radius 1 is 1.44 bits per heavy atom. The monoisotopic (exact) mass is 238 g/mol. The molecule has 1 aliphatic carbocycles. The molecule has 0 amide bonds. The summed E-state index contributed by atoms with van der Waals surface area (Å²) in [6.07, 6.45) is 6.12. The number of nitrogens with one attached hydrogen (secondary N) is 1. The van der Waals surface area contributed by atoms with Gasteiger partial charge in [0.25, 0.3) is 0 Å². The third-order valence-electron chi connectivity index (χ3n) is 3.74. The molecule has 0 spiro atoms. The molecule has 0 atom stereocenters. The fraction of sp³-hybridized carbons (Fsp3) is 0.769. The standard InChI is InChI=1S/C13H22N2S/c1-12(2,3)10-8-14-11(16)15(10)9-13(4)6-5-7-13/h8H,5-7,9H2,1-4H3,(H,14,16). The summed E-state index contributed by atoms with van der Waals surface area (Å²) in [5, 5.41) is 0. The Balaban J connectivity index is 2.32. The second kappa shape index (κ2) is 3.73. The number of nitrogens with zero attached hydrogens (tertiary/aromatic N) is 1. The van der Waals surface area contributed by atoms with Crippen LogP contribution >= 0.6 is 12.2 Å². The zero-order valence-corrected chi connectivity index (χ0v) is 11.6. The maximum atomic E-state index is 5.39. The lowest BCUT2D eigenvalue weighted by Gasteiger charge is -2.39. The average molecular weight is 238 g/mol. The first-order chi connectivity index (χ1) is 7.32. The van der Waals surface area contributed by atoms with Crippen LogP contribution in [0.25, 0.3) is 0 Å². The summed E-state index contributed by atoms with van der Waals surface area (Å²) in [5.41, 5.74) is 1.96. The Kier molecular flexibility index (Phi) is 2.77. The summed E-state index contributed by atoms with van der Waals surface area (Å²) in [6, 6.07) is 0. The van der Waals surface area contributed by atoms with Crippen molar-refractivity contribution in [2.24, 2.45) is 5.41 Å². The van der Waals surface area contributed by atoms with Crippen LogP contribution in [-0.4, -0.2) is 9.55 Å². The summed E-state index contributed by atoms with van der Waals surface area (Å²) in [4.78, 5) is 3.19. The van der Waals surface area contributed by atoms with Crippen LogP contribution in [0, 0.1) is 10.2 Å². The van der Waals surface area contributed by atoms with Gasteiger partial charge >= 0.3 is 0 Å². The predicted molar refractivity (Wildman–Crippen MR) is 70.3 cm³/mol. The van der Waals surface area contributed by atoms with E-state index in [9.17, 15) is 0 Å². The largest absolute Gasteiger partial charge is 0.337 e. The van der Waals surface area contributed by atoms with Gasteiger partial charge in [-0.25, -0.2) is 0 Å². The van der Waals surface area contributed by atoms with Crippen molar-refractivity contribution in [3.8, 4) is 0 Å². The zero-order chi connectivity index (χ0) is 12.0. The highest BCUT2D eigenvalue weighted by atomic mass is 32.1. The molecule has 1 aromatic rings. The van der Waals surface area contributed by atoms with E-state index in [1.54, 1.807) is 0 Å². The molecule has 1 fully saturated rings. The van der Waals surface area contributed by atoms with E-state index in [0.29, 0.717) is 5.41 Å². The molecule has 1 aliphatic rings. The van der Waals surface area contributed by atoms with E-state index in [1.807, 2.05) is 0 Å². The smallest absolute Gasteiger partial charge is 0.177 e. The molecule has 0 saturated heterocycles. The van der Waals surface area contributed by atoms with Crippen molar-refractivity contribution >= 4 is 12.2 Å². The van der Waals surface area contributed by atoms with Crippen LogP contribution < -0.4 is 0 Å². The Hall–Kier alpha value is -0.570. The van der Waals surface area contributed by atoms with Crippen molar-refractivity contribution in [1.29, 1.82) is 0 Å². The van der Waals surface area contributed by atoms with E-state index >= 15 is 0 Å². The van der Waals surface area contributed by atoms with Gasteiger partial charge in [-0.15, -0.1) is 0 Å². The number of aromatic amines is 1. The Labute approximate surface area is 103 Å². The summed E-state index contributed by atoms with van der Waals surface area (Å²) in [7, 11) is 0. The van der Waals surface area contributed by atoms with Crippen LogP contribution in [0.3, 0.4) is 0 Å². The van der Waals surface area contributed by atoms with Crippen LogP contribution in [0.4, 0.5) is 0 Å². The number of rotatable bonds is 2. The van der Waals surface area contributed by atoms with Crippen LogP contribution in [0.5, 0.6) is 0 Å². The average Bonchev–Trinajstić information content (AvgIpc) is 2.44. The SMILES string of the molecule is CC1(Cn2c(C(C)(C)C)c[nH]c2=S)CCC1. The van der Waals surface area contributed by atoms with Gasteiger partial charge in [-0.1, -0.05) is 34.1 Å². The maximum absolute atomic E-state index is 5.39. The van der Waals surface area contributed by atoms with Gasteiger partial charge in [0, 0.05) is 23.9 Å². The van der Waals surface area contributed by atoms with Gasteiger partial charge in [0.05, 0.1) is 0 Å². The molecule has 1 N–H and O–H groups in total. The lowest BCUT2D eigenvalue weighted by molar-refractivity contribution is 0.128. The van der Waals surface area contributed by atoms with Gasteiger partial charge in [-0.3, -0.25) is 0 Å². The van der Waals surface area contributed by atoms with Crippen LogP contribution in [-0.2, 0) is 12.0 Å². The normalized spacial score (nSPS) is 19.5. The molecule has 2 nitrogen and oxygen atoms in total. The van der Waals surface area contributed by atoms with Crippen molar-refractivity contribution in [3.63, 3.8) is 0 Å². The molecule has 1 heterocycles. The fourth-order valence-electron chi connectivity index (χ4n) is 2.49. The minimum atomic E-state index is 0.160. The molecule has 1 aromatic heterocycles. The Morgan fingerprint density at radius 3 is 2.50 bits per heavy atom. The first-order valence-electron chi connectivity index (χ1n) is 6.11. The summed E-state index contributed by atoms with van der Waals surface area (Å²) >= 11 is 5.39. The van der Waals surface area contributed by atoms with Crippen molar-refractivity contribution in [3.05, 3.63) is 16.7 Å². The summed E-state index contributed by atoms with van der Waals surface area (Å²) < 4.78 is 3.17. The van der Waals surface area contributed by atoms with E-state index < -0.39 is 0 Å². The molecular formula is C13H22N2S. The van der Waals surface area contributed by atoms with Gasteiger partial charge in [0.1, 0.15) is 0 Å². The van der Waals surface area contributed by atoms with Gasteiger partial charge in [0.2, 0.25) is 0 Å². The van der Waals surface area contributed by atoms with E-state index in [0.717, 1.165) is 11.3 Å². The van der Waals surface area contributed by atoms with Crippen LogP contribution in [0.1, 0.15) is 52.7 Å². The van der Waals surface area contributed by atoms with Gasteiger partial charge in [0.15, 0.2) is 4.77 Å². The highest BCUT2D eigenvalue weighted by molar-refractivity contribution is 7.71. The molecule has 90 valence electrons. The Bertz CT molecular complexity index is 430. The van der Waals surface area contributed by atoms with E-state index in [2.05, 4.69) is 43.4 Å². The van der Waals surface area contributed by atoms with E-state index in [1.165, 1.54) is 25.0 Å². The number of H-pyrrole nitrogens is 1. The number of hydrogen-bond donors (Lipinski definition) is 1. The van der Waals surface area contributed by atoms with Crippen LogP contribution in [0.15, 0.2) is 6.20 Å². The molecule has 1 saturated carbocycles. The minimum absolute atomic E-state index is 0.160. The molecular weight excluding hydrogens is 216 g/mol. The molecule has 16 heavy (non-hydrogen) atoms. The van der Waals surface area contributed by atoms with Crippen molar-refractivity contribution in [2.45, 2.75) is 58.9 Å². The molecule has 0 bridgehead atoms.